The predicted molar refractivity (Wildman–Crippen MR) is 76.6 cm³/mol. The Morgan fingerprint density at radius 2 is 2.05 bits per heavy atom. The number of halogens is 1. The van der Waals surface area contributed by atoms with Crippen molar-refractivity contribution < 1.29 is 19.1 Å². The number of esters is 2. The Kier molecular flexibility index (Phi) is 6.31. The summed E-state index contributed by atoms with van der Waals surface area (Å²) in [5, 5.41) is 0.122. The Morgan fingerprint density at radius 3 is 2.65 bits per heavy atom. The molecule has 0 saturated carbocycles. The molecule has 0 fully saturated rings. The minimum atomic E-state index is -0.926. The molecular formula is C14H18ClNO4. The molecule has 0 saturated heterocycles. The van der Waals surface area contributed by atoms with Gasteiger partial charge in [-0.25, -0.2) is 9.59 Å². The molecule has 0 aliphatic heterocycles. The average molecular weight is 300 g/mol. The molecule has 1 atom stereocenters. The summed E-state index contributed by atoms with van der Waals surface area (Å²) >= 11 is 5.95. The standard InChI is InChI=1S/C14H18ClNO4/c1-3-6-11(14(18)19-4-2)20-13(17)9-7-5-8-10(16)12(9)15/h5,7-8,11H,3-4,6,16H2,1-2H3. The summed E-state index contributed by atoms with van der Waals surface area (Å²) in [4.78, 5) is 23.7. The highest BCUT2D eigenvalue weighted by Crippen LogP contribution is 2.24. The summed E-state index contributed by atoms with van der Waals surface area (Å²) in [6, 6.07) is 4.67. The number of anilines is 1. The molecule has 20 heavy (non-hydrogen) atoms. The van der Waals surface area contributed by atoms with Crippen LogP contribution in [0.4, 0.5) is 5.69 Å². The SMILES string of the molecule is CCCC(OC(=O)c1cccc(N)c1Cl)C(=O)OCC. The monoisotopic (exact) mass is 299 g/mol. The Bertz CT molecular complexity index is 490. The van der Waals surface area contributed by atoms with Gasteiger partial charge < -0.3 is 15.2 Å². The van der Waals surface area contributed by atoms with Crippen LogP contribution in [-0.2, 0) is 14.3 Å². The molecule has 0 heterocycles. The summed E-state index contributed by atoms with van der Waals surface area (Å²) in [5.74, 6) is -1.24. The van der Waals surface area contributed by atoms with Crippen LogP contribution >= 0.6 is 11.6 Å². The molecule has 0 aliphatic rings. The normalized spacial score (nSPS) is 11.8. The Hall–Kier alpha value is -1.75. The van der Waals surface area contributed by atoms with E-state index < -0.39 is 18.0 Å². The lowest BCUT2D eigenvalue weighted by atomic mass is 10.2. The van der Waals surface area contributed by atoms with Gasteiger partial charge in [0.05, 0.1) is 22.9 Å². The van der Waals surface area contributed by atoms with E-state index in [1.54, 1.807) is 19.1 Å². The molecule has 0 aromatic heterocycles. The van der Waals surface area contributed by atoms with Gasteiger partial charge in [0.15, 0.2) is 6.10 Å². The van der Waals surface area contributed by atoms with Crippen molar-refractivity contribution in [3.8, 4) is 0 Å². The quantitative estimate of drug-likeness (QED) is 0.645. The van der Waals surface area contributed by atoms with Crippen molar-refractivity contribution >= 4 is 29.2 Å². The molecule has 0 spiro atoms. The average Bonchev–Trinajstić information content (AvgIpc) is 2.41. The van der Waals surface area contributed by atoms with Gasteiger partial charge in [-0.1, -0.05) is 31.0 Å². The van der Waals surface area contributed by atoms with Crippen molar-refractivity contribution in [2.75, 3.05) is 12.3 Å². The van der Waals surface area contributed by atoms with Crippen LogP contribution in [0.15, 0.2) is 18.2 Å². The van der Waals surface area contributed by atoms with Crippen LogP contribution in [0.2, 0.25) is 5.02 Å². The zero-order chi connectivity index (χ0) is 15.1. The number of hydrogen-bond donors (Lipinski definition) is 1. The summed E-state index contributed by atoms with van der Waals surface area (Å²) in [6.07, 6.45) is 0.149. The molecule has 0 bridgehead atoms. The van der Waals surface area contributed by atoms with E-state index in [1.807, 2.05) is 6.92 Å². The zero-order valence-corrected chi connectivity index (χ0v) is 12.3. The van der Waals surface area contributed by atoms with Crippen LogP contribution in [-0.4, -0.2) is 24.6 Å². The molecule has 1 unspecified atom stereocenters. The van der Waals surface area contributed by atoms with Gasteiger partial charge in [0.25, 0.3) is 0 Å². The molecule has 6 heteroatoms. The van der Waals surface area contributed by atoms with Gasteiger partial charge in [0.1, 0.15) is 0 Å². The zero-order valence-electron chi connectivity index (χ0n) is 11.5. The third kappa shape index (κ3) is 4.13. The van der Waals surface area contributed by atoms with Crippen molar-refractivity contribution in [1.29, 1.82) is 0 Å². The molecule has 110 valence electrons. The smallest absolute Gasteiger partial charge is 0.347 e. The van der Waals surface area contributed by atoms with Crippen molar-refractivity contribution in [2.24, 2.45) is 0 Å². The minimum absolute atomic E-state index is 0.122. The van der Waals surface area contributed by atoms with Gasteiger partial charge in [-0.3, -0.25) is 0 Å². The maximum atomic E-state index is 12.0. The first-order chi connectivity index (χ1) is 9.51. The first-order valence-corrected chi connectivity index (χ1v) is 6.80. The number of carbonyl (C=O) groups is 2. The number of nitrogens with two attached hydrogens (primary N) is 1. The van der Waals surface area contributed by atoms with Gasteiger partial charge in [-0.15, -0.1) is 0 Å². The highest BCUT2D eigenvalue weighted by molar-refractivity contribution is 6.36. The number of ether oxygens (including phenoxy) is 2. The van der Waals surface area contributed by atoms with E-state index in [1.165, 1.54) is 6.07 Å². The second-order valence-corrected chi connectivity index (χ2v) is 4.52. The van der Waals surface area contributed by atoms with Gasteiger partial charge in [-0.05, 0) is 25.5 Å². The van der Waals surface area contributed by atoms with E-state index in [0.717, 1.165) is 0 Å². The number of hydrogen-bond acceptors (Lipinski definition) is 5. The fourth-order valence-corrected chi connectivity index (χ4v) is 1.83. The van der Waals surface area contributed by atoms with Crippen LogP contribution in [0.5, 0.6) is 0 Å². The van der Waals surface area contributed by atoms with Crippen LogP contribution in [0.1, 0.15) is 37.0 Å². The minimum Gasteiger partial charge on any atom is -0.463 e. The lowest BCUT2D eigenvalue weighted by Gasteiger charge is -2.16. The molecule has 0 radical (unpaired) electrons. The first-order valence-electron chi connectivity index (χ1n) is 6.42. The van der Waals surface area contributed by atoms with Crippen molar-refractivity contribution in [2.45, 2.75) is 32.8 Å². The van der Waals surface area contributed by atoms with Gasteiger partial charge in [0, 0.05) is 0 Å². The fraction of sp³-hybridized carbons (Fsp3) is 0.429. The van der Waals surface area contributed by atoms with E-state index in [4.69, 9.17) is 26.8 Å². The topological polar surface area (TPSA) is 78.6 Å². The van der Waals surface area contributed by atoms with Gasteiger partial charge in [0.2, 0.25) is 0 Å². The highest BCUT2D eigenvalue weighted by atomic mass is 35.5. The maximum absolute atomic E-state index is 12.0. The van der Waals surface area contributed by atoms with Gasteiger partial charge in [-0.2, -0.15) is 0 Å². The van der Waals surface area contributed by atoms with E-state index in [2.05, 4.69) is 0 Å². The van der Waals surface area contributed by atoms with Crippen LogP contribution in [0.25, 0.3) is 0 Å². The third-order valence-electron chi connectivity index (χ3n) is 2.60. The van der Waals surface area contributed by atoms with Crippen LogP contribution in [0, 0.1) is 0 Å². The molecule has 2 N–H and O–H groups in total. The summed E-state index contributed by atoms with van der Waals surface area (Å²) in [6.45, 7) is 3.81. The second kappa shape index (κ2) is 7.75. The Balaban J connectivity index is 2.85. The largest absolute Gasteiger partial charge is 0.463 e. The number of rotatable bonds is 6. The number of carbonyl (C=O) groups excluding carboxylic acids is 2. The summed E-state index contributed by atoms with van der Waals surface area (Å²) in [5.41, 5.74) is 6.04. The molecule has 1 aromatic rings. The van der Waals surface area contributed by atoms with E-state index in [0.29, 0.717) is 12.8 Å². The Morgan fingerprint density at radius 1 is 1.35 bits per heavy atom. The van der Waals surface area contributed by atoms with Crippen molar-refractivity contribution in [3.63, 3.8) is 0 Å². The maximum Gasteiger partial charge on any atom is 0.347 e. The van der Waals surface area contributed by atoms with E-state index in [-0.39, 0.29) is 22.9 Å². The molecule has 1 aromatic carbocycles. The highest BCUT2D eigenvalue weighted by Gasteiger charge is 2.25. The van der Waals surface area contributed by atoms with E-state index in [9.17, 15) is 9.59 Å². The first kappa shape index (κ1) is 16.3. The van der Waals surface area contributed by atoms with Crippen LogP contribution < -0.4 is 5.73 Å². The molecule has 0 amide bonds. The lowest BCUT2D eigenvalue weighted by Crippen LogP contribution is -2.29. The summed E-state index contributed by atoms with van der Waals surface area (Å²) < 4.78 is 10.0. The molecule has 5 nitrogen and oxygen atoms in total. The molecule has 0 aliphatic carbocycles. The third-order valence-corrected chi connectivity index (χ3v) is 3.02. The number of benzene rings is 1. The fourth-order valence-electron chi connectivity index (χ4n) is 1.62. The Labute approximate surface area is 123 Å². The van der Waals surface area contributed by atoms with Crippen molar-refractivity contribution in [3.05, 3.63) is 28.8 Å². The predicted octanol–water partition coefficient (Wildman–Crippen LogP) is 2.81. The molecule has 1 rings (SSSR count). The van der Waals surface area contributed by atoms with E-state index >= 15 is 0 Å². The van der Waals surface area contributed by atoms with Crippen molar-refractivity contribution in [1.82, 2.24) is 0 Å². The second-order valence-electron chi connectivity index (χ2n) is 4.14. The van der Waals surface area contributed by atoms with Crippen LogP contribution in [0.3, 0.4) is 0 Å². The number of nitrogen functional groups attached to an aromatic ring is 1. The lowest BCUT2D eigenvalue weighted by molar-refractivity contribution is -0.153. The molecular weight excluding hydrogens is 282 g/mol. The summed E-state index contributed by atoms with van der Waals surface area (Å²) in [7, 11) is 0. The van der Waals surface area contributed by atoms with Gasteiger partial charge >= 0.3 is 11.9 Å².